The lowest BCUT2D eigenvalue weighted by Crippen LogP contribution is -2.38. The number of carbonyl (C=O) groups excluding carboxylic acids is 1. The monoisotopic (exact) mass is 286 g/mol. The molecule has 4 rings (SSSR count). The van der Waals surface area contributed by atoms with Crippen molar-refractivity contribution in [2.75, 3.05) is 13.7 Å². The molecule has 1 aromatic carbocycles. The molecule has 0 spiro atoms. The highest BCUT2D eigenvalue weighted by molar-refractivity contribution is 5.85. The molecule has 2 aliphatic heterocycles. The van der Waals surface area contributed by atoms with E-state index in [-0.39, 0.29) is 12.0 Å². The van der Waals surface area contributed by atoms with Crippen molar-refractivity contribution in [2.24, 2.45) is 0 Å². The van der Waals surface area contributed by atoms with Crippen LogP contribution in [0.1, 0.15) is 30.6 Å². The molecule has 2 atom stereocenters. The van der Waals surface area contributed by atoms with Crippen LogP contribution in [0, 0.1) is 0 Å². The van der Waals surface area contributed by atoms with E-state index in [0.717, 1.165) is 18.5 Å². The highest BCUT2D eigenvalue weighted by atomic mass is 16.7. The topological polar surface area (TPSA) is 54.6 Å². The number of hydroxylamine groups is 2. The number of benzene rings is 1. The number of H-pyrrole nitrogens is 1. The molecule has 1 N–H and O–H groups in total. The maximum atomic E-state index is 12.0. The summed E-state index contributed by atoms with van der Waals surface area (Å²) in [5.41, 5.74) is 2.79. The highest BCUT2D eigenvalue weighted by Gasteiger charge is 2.51. The number of carbonyl (C=O) groups is 1. The van der Waals surface area contributed by atoms with E-state index in [4.69, 9.17) is 9.57 Å². The summed E-state index contributed by atoms with van der Waals surface area (Å²) < 4.78 is 4.89. The minimum Gasteiger partial charge on any atom is -0.467 e. The maximum Gasteiger partial charge on any atom is 0.340 e. The smallest absolute Gasteiger partial charge is 0.340 e. The summed E-state index contributed by atoms with van der Waals surface area (Å²) in [6.07, 6.45) is 1.53. The summed E-state index contributed by atoms with van der Waals surface area (Å²) in [4.78, 5) is 21.4. The highest BCUT2D eigenvalue weighted by Crippen LogP contribution is 2.45. The Kier molecular flexibility index (Phi) is 2.65. The first kappa shape index (κ1) is 12.9. The Bertz CT molecular complexity index is 723. The standard InChI is InChI=1S/C16H18N2O3/c1-16(15(19)20-2)9-13-14-11(7-8-18(13)21-16)10-5-3-4-6-12(10)17-14/h3-6,13,17H,7-9H2,1-2H3/t13-,16+/m1/s1. The molecule has 0 bridgehead atoms. The number of aromatic nitrogens is 1. The number of aromatic amines is 1. The van der Waals surface area contributed by atoms with E-state index < -0.39 is 5.60 Å². The summed E-state index contributed by atoms with van der Waals surface area (Å²) in [7, 11) is 1.41. The third-order valence-corrected chi connectivity index (χ3v) is 4.63. The second-order valence-corrected chi connectivity index (χ2v) is 5.99. The average molecular weight is 286 g/mol. The lowest BCUT2D eigenvalue weighted by molar-refractivity contribution is -0.216. The second-order valence-electron chi connectivity index (χ2n) is 5.99. The Hall–Kier alpha value is -1.85. The number of para-hydroxylation sites is 1. The Morgan fingerprint density at radius 2 is 2.29 bits per heavy atom. The predicted octanol–water partition coefficient (Wildman–Crippen LogP) is 2.33. The van der Waals surface area contributed by atoms with Crippen molar-refractivity contribution < 1.29 is 14.4 Å². The van der Waals surface area contributed by atoms with Gasteiger partial charge in [-0.1, -0.05) is 18.2 Å². The number of esters is 1. The van der Waals surface area contributed by atoms with Crippen LogP contribution in [0.5, 0.6) is 0 Å². The van der Waals surface area contributed by atoms with Gasteiger partial charge in [0.15, 0.2) is 5.60 Å². The maximum absolute atomic E-state index is 12.0. The van der Waals surface area contributed by atoms with Gasteiger partial charge in [-0.05, 0) is 25.0 Å². The van der Waals surface area contributed by atoms with Gasteiger partial charge in [-0.15, -0.1) is 0 Å². The lowest BCUT2D eigenvalue weighted by Gasteiger charge is -2.28. The number of fused-ring (bicyclic) bond motifs is 5. The molecule has 0 saturated carbocycles. The number of hydrogen-bond acceptors (Lipinski definition) is 4. The van der Waals surface area contributed by atoms with Crippen LogP contribution in [0.15, 0.2) is 24.3 Å². The average Bonchev–Trinajstić information content (AvgIpc) is 3.04. The summed E-state index contributed by atoms with van der Waals surface area (Å²) in [6.45, 7) is 2.60. The van der Waals surface area contributed by atoms with Gasteiger partial charge in [0.25, 0.3) is 0 Å². The number of ether oxygens (including phenoxy) is 1. The van der Waals surface area contributed by atoms with E-state index in [1.54, 1.807) is 6.92 Å². The van der Waals surface area contributed by atoms with E-state index in [9.17, 15) is 4.79 Å². The van der Waals surface area contributed by atoms with Gasteiger partial charge in [-0.3, -0.25) is 4.84 Å². The molecule has 0 aliphatic carbocycles. The third-order valence-electron chi connectivity index (χ3n) is 4.63. The number of hydrogen-bond donors (Lipinski definition) is 1. The first-order chi connectivity index (χ1) is 10.1. The van der Waals surface area contributed by atoms with Gasteiger partial charge in [-0.2, -0.15) is 5.06 Å². The van der Waals surface area contributed by atoms with Crippen LogP contribution in [0.3, 0.4) is 0 Å². The number of rotatable bonds is 1. The zero-order chi connectivity index (χ0) is 14.6. The Balaban J connectivity index is 1.78. The number of nitrogens with zero attached hydrogens (tertiary/aromatic N) is 1. The fraction of sp³-hybridized carbons (Fsp3) is 0.438. The molecular weight excluding hydrogens is 268 g/mol. The molecule has 5 nitrogen and oxygen atoms in total. The van der Waals surface area contributed by atoms with Gasteiger partial charge in [0.1, 0.15) is 0 Å². The van der Waals surface area contributed by atoms with Crippen LogP contribution in [0.25, 0.3) is 10.9 Å². The van der Waals surface area contributed by atoms with E-state index >= 15 is 0 Å². The van der Waals surface area contributed by atoms with Crippen LogP contribution in [0.2, 0.25) is 0 Å². The molecule has 1 fully saturated rings. The number of nitrogens with one attached hydrogen (secondary N) is 1. The van der Waals surface area contributed by atoms with E-state index in [1.165, 1.54) is 23.8 Å². The van der Waals surface area contributed by atoms with Crippen molar-refractivity contribution in [3.63, 3.8) is 0 Å². The van der Waals surface area contributed by atoms with Crippen molar-refractivity contribution in [1.82, 2.24) is 10.0 Å². The molecular formula is C16H18N2O3. The van der Waals surface area contributed by atoms with Crippen molar-refractivity contribution in [3.8, 4) is 0 Å². The predicted molar refractivity (Wildman–Crippen MR) is 77.6 cm³/mol. The third kappa shape index (κ3) is 1.74. The fourth-order valence-corrected chi connectivity index (χ4v) is 3.61. The largest absolute Gasteiger partial charge is 0.467 e. The van der Waals surface area contributed by atoms with Crippen molar-refractivity contribution in [3.05, 3.63) is 35.5 Å². The molecule has 0 unspecified atom stereocenters. The van der Waals surface area contributed by atoms with Gasteiger partial charge < -0.3 is 9.72 Å². The Labute approximate surface area is 122 Å². The first-order valence-electron chi connectivity index (χ1n) is 7.26. The summed E-state index contributed by atoms with van der Waals surface area (Å²) in [5, 5.41) is 3.20. The Morgan fingerprint density at radius 1 is 1.48 bits per heavy atom. The molecule has 110 valence electrons. The quantitative estimate of drug-likeness (QED) is 0.818. The normalized spacial score (nSPS) is 28.4. The van der Waals surface area contributed by atoms with Gasteiger partial charge in [-0.25, -0.2) is 4.79 Å². The number of methoxy groups -OCH3 is 1. The van der Waals surface area contributed by atoms with Crippen molar-refractivity contribution in [2.45, 2.75) is 31.4 Å². The molecule has 1 saturated heterocycles. The SMILES string of the molecule is COC(=O)[C@]1(C)C[C@@H]2c3[nH]c4ccccc4c3CCN2O1. The second kappa shape index (κ2) is 4.32. The lowest BCUT2D eigenvalue weighted by atomic mass is 9.92. The van der Waals surface area contributed by atoms with Gasteiger partial charge in [0.05, 0.1) is 13.2 Å². The molecule has 2 aliphatic rings. The molecule has 3 heterocycles. The van der Waals surface area contributed by atoms with E-state index in [1.807, 2.05) is 11.1 Å². The molecule has 0 amide bonds. The van der Waals surface area contributed by atoms with Gasteiger partial charge in [0.2, 0.25) is 0 Å². The summed E-state index contributed by atoms with van der Waals surface area (Å²) in [6, 6.07) is 8.42. The van der Waals surface area contributed by atoms with Crippen molar-refractivity contribution >= 4 is 16.9 Å². The fourth-order valence-electron chi connectivity index (χ4n) is 3.61. The molecule has 1 aromatic heterocycles. The van der Waals surface area contributed by atoms with Crippen LogP contribution in [-0.4, -0.2) is 35.3 Å². The first-order valence-corrected chi connectivity index (χ1v) is 7.26. The molecule has 2 aromatic rings. The van der Waals surface area contributed by atoms with E-state index in [2.05, 4.69) is 23.2 Å². The van der Waals surface area contributed by atoms with Crippen LogP contribution < -0.4 is 0 Å². The zero-order valence-corrected chi connectivity index (χ0v) is 12.2. The van der Waals surface area contributed by atoms with Crippen LogP contribution >= 0.6 is 0 Å². The minimum atomic E-state index is -0.891. The summed E-state index contributed by atoms with van der Waals surface area (Å²) >= 11 is 0. The van der Waals surface area contributed by atoms with Crippen molar-refractivity contribution in [1.29, 1.82) is 0 Å². The minimum absolute atomic E-state index is 0.0882. The molecule has 0 radical (unpaired) electrons. The van der Waals surface area contributed by atoms with Crippen LogP contribution in [0.4, 0.5) is 0 Å². The van der Waals surface area contributed by atoms with Gasteiger partial charge in [0, 0.05) is 29.6 Å². The Morgan fingerprint density at radius 3 is 3.10 bits per heavy atom. The molecule has 21 heavy (non-hydrogen) atoms. The summed E-state index contributed by atoms with van der Waals surface area (Å²) in [5.74, 6) is -0.311. The zero-order valence-electron chi connectivity index (χ0n) is 12.2. The molecule has 5 heteroatoms. The van der Waals surface area contributed by atoms with Crippen LogP contribution in [-0.2, 0) is 20.8 Å². The van der Waals surface area contributed by atoms with E-state index in [0.29, 0.717) is 6.42 Å². The van der Waals surface area contributed by atoms with Gasteiger partial charge >= 0.3 is 5.97 Å².